The molecule has 2 aromatic carbocycles. The highest BCUT2D eigenvalue weighted by molar-refractivity contribution is 5.96. The van der Waals surface area contributed by atoms with Crippen molar-refractivity contribution in [3.05, 3.63) is 89.2 Å². The van der Waals surface area contributed by atoms with Gasteiger partial charge in [-0.1, -0.05) is 36.4 Å². The zero-order chi connectivity index (χ0) is 16.5. The summed E-state index contributed by atoms with van der Waals surface area (Å²) in [4.78, 5) is 12.6. The summed E-state index contributed by atoms with van der Waals surface area (Å²) in [5, 5.41) is 0. The molecule has 4 rings (SSSR count). The summed E-state index contributed by atoms with van der Waals surface area (Å²) in [5.74, 6) is 0.118. The van der Waals surface area contributed by atoms with Crippen LogP contribution in [0.5, 0.6) is 0 Å². The molecule has 0 bridgehead atoms. The number of pyridine rings is 1. The highest BCUT2D eigenvalue weighted by Gasteiger charge is 2.20. The largest absolute Gasteiger partial charge is 1.00 e. The molecule has 0 radical (unpaired) electrons. The van der Waals surface area contributed by atoms with Crippen LogP contribution in [0.1, 0.15) is 27.0 Å². The predicted molar refractivity (Wildman–Crippen MR) is 93.5 cm³/mol. The van der Waals surface area contributed by atoms with Gasteiger partial charge >= 0.3 is 0 Å². The molecule has 0 aliphatic heterocycles. The first-order valence-corrected chi connectivity index (χ1v) is 8.17. The molecule has 1 aliphatic carbocycles. The van der Waals surface area contributed by atoms with Crippen LogP contribution in [0, 0.1) is 0 Å². The number of hydrogen-bond acceptors (Lipinski definition) is 2. The van der Waals surface area contributed by atoms with Gasteiger partial charge in [0.1, 0.15) is 0 Å². The van der Waals surface area contributed by atoms with Gasteiger partial charge in [0.2, 0.25) is 12.3 Å². The number of nitrogens with two attached hydrogens (primary N) is 1. The topological polar surface area (TPSA) is 47.0 Å². The van der Waals surface area contributed by atoms with Crippen molar-refractivity contribution in [3.63, 3.8) is 0 Å². The summed E-state index contributed by atoms with van der Waals surface area (Å²) < 4.78 is 1.90. The van der Waals surface area contributed by atoms with Crippen LogP contribution in [0.15, 0.2) is 67.0 Å². The maximum absolute atomic E-state index is 12.6. The molecule has 0 unspecified atom stereocenters. The lowest BCUT2D eigenvalue weighted by Crippen LogP contribution is -3.00. The fourth-order valence-corrected chi connectivity index (χ4v) is 3.37. The number of halogens is 1. The van der Waals surface area contributed by atoms with E-state index in [-0.39, 0.29) is 22.8 Å². The van der Waals surface area contributed by atoms with E-state index >= 15 is 0 Å². The van der Waals surface area contributed by atoms with Crippen molar-refractivity contribution in [2.24, 2.45) is 5.73 Å². The zero-order valence-corrected chi connectivity index (χ0v) is 15.4. The molecule has 126 valence electrons. The van der Waals surface area contributed by atoms with Gasteiger partial charge in [0.05, 0.1) is 0 Å². The predicted octanol–water partition coefficient (Wildman–Crippen LogP) is -0.109. The minimum absolute atomic E-state index is 0. The molecule has 3 aromatic rings. The first-order valence-electron chi connectivity index (χ1n) is 8.17. The second kappa shape index (κ2) is 7.30. The number of rotatable bonds is 4. The Morgan fingerprint density at radius 1 is 1.00 bits per heavy atom. The lowest BCUT2D eigenvalue weighted by Gasteiger charge is -2.04. The number of Topliss-reactive ketones (excluding diaryl/α,β-unsaturated/α-hetero) is 1. The summed E-state index contributed by atoms with van der Waals surface area (Å²) in [6.45, 7) is 0.811. The molecule has 3 nitrogen and oxygen atoms in total. The van der Waals surface area contributed by atoms with Crippen LogP contribution < -0.4 is 27.3 Å². The van der Waals surface area contributed by atoms with Crippen molar-refractivity contribution in [1.82, 2.24) is 0 Å². The summed E-state index contributed by atoms with van der Waals surface area (Å²) in [7, 11) is 0. The molecular formula is C21H19BrN2O. The minimum atomic E-state index is 0. The van der Waals surface area contributed by atoms with Crippen molar-refractivity contribution in [2.75, 3.05) is 0 Å². The van der Waals surface area contributed by atoms with Crippen molar-refractivity contribution in [3.8, 4) is 11.1 Å². The quantitative estimate of drug-likeness (QED) is 0.387. The third-order valence-corrected chi connectivity index (χ3v) is 4.60. The van der Waals surface area contributed by atoms with Gasteiger partial charge in [-0.15, -0.1) is 0 Å². The molecule has 0 amide bonds. The van der Waals surface area contributed by atoms with Gasteiger partial charge in [-0.2, -0.15) is 4.57 Å². The maximum atomic E-state index is 12.6. The fourth-order valence-electron chi connectivity index (χ4n) is 3.37. The first kappa shape index (κ1) is 17.5. The number of fused-ring (bicyclic) bond motifs is 3. The molecule has 1 heterocycles. The molecule has 0 atom stereocenters. The Labute approximate surface area is 157 Å². The average molecular weight is 395 g/mol. The van der Waals surface area contributed by atoms with E-state index in [9.17, 15) is 4.79 Å². The molecule has 1 aliphatic rings. The van der Waals surface area contributed by atoms with Crippen molar-refractivity contribution in [1.29, 1.82) is 0 Å². The fraction of sp³-hybridized carbons (Fsp3) is 0.143. The molecule has 0 saturated heterocycles. The highest BCUT2D eigenvalue weighted by atomic mass is 79.9. The van der Waals surface area contributed by atoms with Crippen molar-refractivity contribution in [2.45, 2.75) is 19.5 Å². The Balaban J connectivity index is 0.00000182. The molecule has 1 aromatic heterocycles. The monoisotopic (exact) mass is 394 g/mol. The molecule has 4 heteroatoms. The van der Waals surface area contributed by atoms with Crippen LogP contribution >= 0.6 is 0 Å². The lowest BCUT2D eigenvalue weighted by molar-refractivity contribution is -0.683. The molecular weight excluding hydrogens is 376 g/mol. The molecule has 0 spiro atoms. The summed E-state index contributed by atoms with van der Waals surface area (Å²) in [5.41, 5.74) is 12.6. The van der Waals surface area contributed by atoms with E-state index in [1.54, 1.807) is 0 Å². The number of carbonyl (C=O) groups is 1. The Morgan fingerprint density at radius 3 is 2.64 bits per heavy atom. The van der Waals surface area contributed by atoms with E-state index in [0.29, 0.717) is 13.1 Å². The molecule has 0 fully saturated rings. The van der Waals surface area contributed by atoms with Gasteiger partial charge in [-0.3, -0.25) is 4.79 Å². The van der Waals surface area contributed by atoms with E-state index in [2.05, 4.69) is 30.3 Å². The van der Waals surface area contributed by atoms with E-state index in [1.165, 1.54) is 22.3 Å². The average Bonchev–Trinajstić information content (AvgIpc) is 2.99. The number of aromatic nitrogens is 1. The van der Waals surface area contributed by atoms with E-state index < -0.39 is 0 Å². The first-order chi connectivity index (χ1) is 11.7. The Kier molecular flexibility index (Phi) is 5.11. The van der Waals surface area contributed by atoms with Crippen LogP contribution in [0.4, 0.5) is 0 Å². The highest BCUT2D eigenvalue weighted by Crippen LogP contribution is 2.36. The minimum Gasteiger partial charge on any atom is -1.00 e. The van der Waals surface area contributed by atoms with Gasteiger partial charge in [0.25, 0.3) is 0 Å². The number of nitrogens with zero attached hydrogens (tertiary/aromatic N) is 1. The van der Waals surface area contributed by atoms with Gasteiger partial charge < -0.3 is 22.7 Å². The van der Waals surface area contributed by atoms with E-state index in [4.69, 9.17) is 5.73 Å². The molecule has 2 N–H and O–H groups in total. The van der Waals surface area contributed by atoms with Crippen LogP contribution in [0.3, 0.4) is 0 Å². The molecule has 25 heavy (non-hydrogen) atoms. The molecule has 0 saturated carbocycles. The smallest absolute Gasteiger partial charge is 0.227 e. The Morgan fingerprint density at radius 2 is 1.80 bits per heavy atom. The third-order valence-electron chi connectivity index (χ3n) is 4.60. The van der Waals surface area contributed by atoms with Crippen LogP contribution in [-0.2, 0) is 19.5 Å². The summed E-state index contributed by atoms with van der Waals surface area (Å²) in [6, 6.07) is 18.4. The lowest BCUT2D eigenvalue weighted by atomic mass is 10.0. The van der Waals surface area contributed by atoms with Crippen molar-refractivity contribution < 1.29 is 26.3 Å². The number of benzene rings is 2. The summed E-state index contributed by atoms with van der Waals surface area (Å²) >= 11 is 0. The van der Waals surface area contributed by atoms with Crippen molar-refractivity contribution >= 4 is 5.78 Å². The SMILES string of the molecule is NCc1ccc[n+](CC(=O)c2ccc3c(c2)Cc2ccccc2-3)c1.[Br-]. The van der Waals surface area contributed by atoms with Crippen LogP contribution in [0.2, 0.25) is 0 Å². The van der Waals surface area contributed by atoms with E-state index in [0.717, 1.165) is 17.5 Å². The number of ketones is 1. The van der Waals surface area contributed by atoms with Crippen LogP contribution in [-0.4, -0.2) is 5.78 Å². The van der Waals surface area contributed by atoms with Gasteiger partial charge in [0, 0.05) is 23.7 Å². The van der Waals surface area contributed by atoms with Crippen LogP contribution in [0.25, 0.3) is 11.1 Å². The van der Waals surface area contributed by atoms with Gasteiger partial charge in [0.15, 0.2) is 12.4 Å². The maximum Gasteiger partial charge on any atom is 0.227 e. The number of carbonyl (C=O) groups excluding carboxylic acids is 1. The van der Waals surface area contributed by atoms with Gasteiger partial charge in [-0.25, -0.2) is 0 Å². The second-order valence-corrected chi connectivity index (χ2v) is 6.22. The number of hydrogen-bond donors (Lipinski definition) is 1. The third kappa shape index (κ3) is 3.41. The zero-order valence-electron chi connectivity index (χ0n) is 13.8. The van der Waals surface area contributed by atoms with Gasteiger partial charge in [-0.05, 0) is 40.8 Å². The second-order valence-electron chi connectivity index (χ2n) is 6.22. The standard InChI is InChI=1S/C21H19N2O.BrH/c22-12-15-4-3-9-23(13-15)14-21(24)17-7-8-20-18(11-17)10-16-5-1-2-6-19(16)20;/h1-9,11,13H,10,12,14,22H2;1H/q+1;/p-1. The normalized spacial score (nSPS) is 11.4. The Hall–Kier alpha value is -2.30. The Bertz CT molecular complexity index is 937. The van der Waals surface area contributed by atoms with E-state index in [1.807, 2.05) is 41.2 Å². The summed E-state index contributed by atoms with van der Waals surface area (Å²) in [6.07, 6.45) is 4.74.